The summed E-state index contributed by atoms with van der Waals surface area (Å²) in [5.74, 6) is -1.04. The molecule has 3 aromatic rings. The SMILES string of the molecule is Cc1ccc2c(c1)C1(C(=O)N2Cc2ccccc2)C(C#N)=C(N)OC12C(=O)N(C)c1ccccc12. The van der Waals surface area contributed by atoms with Crippen molar-refractivity contribution in [3.63, 3.8) is 0 Å². The molecule has 3 heterocycles. The molecule has 2 atom stereocenters. The van der Waals surface area contributed by atoms with E-state index in [0.717, 1.165) is 11.1 Å². The first-order valence-electron chi connectivity index (χ1n) is 11.3. The van der Waals surface area contributed by atoms with Crippen LogP contribution in [0.1, 0.15) is 22.3 Å². The van der Waals surface area contributed by atoms with Crippen LogP contribution in [0.2, 0.25) is 0 Å². The fourth-order valence-corrected chi connectivity index (χ4v) is 5.90. The van der Waals surface area contributed by atoms with Gasteiger partial charge < -0.3 is 20.3 Å². The maximum absolute atomic E-state index is 14.7. The van der Waals surface area contributed by atoms with Gasteiger partial charge in [0, 0.05) is 23.9 Å². The first kappa shape index (κ1) is 21.0. The summed E-state index contributed by atoms with van der Waals surface area (Å²) in [5.41, 5.74) is 6.83. The van der Waals surface area contributed by atoms with Gasteiger partial charge in [0.1, 0.15) is 11.6 Å². The Balaban J connectivity index is 1.70. The summed E-state index contributed by atoms with van der Waals surface area (Å²) < 4.78 is 6.22. The van der Waals surface area contributed by atoms with E-state index in [9.17, 15) is 14.9 Å². The largest absolute Gasteiger partial charge is 0.455 e. The molecule has 0 aliphatic carbocycles. The molecule has 3 aliphatic heterocycles. The van der Waals surface area contributed by atoms with Crippen molar-refractivity contribution in [3.05, 3.63) is 107 Å². The highest BCUT2D eigenvalue weighted by atomic mass is 16.5. The average molecular weight is 463 g/mol. The van der Waals surface area contributed by atoms with E-state index in [0.29, 0.717) is 22.5 Å². The van der Waals surface area contributed by atoms with Crippen LogP contribution in [0.5, 0.6) is 0 Å². The van der Waals surface area contributed by atoms with Crippen molar-refractivity contribution in [3.8, 4) is 6.07 Å². The Morgan fingerprint density at radius 1 is 0.943 bits per heavy atom. The Bertz CT molecular complexity index is 1510. The molecule has 7 heteroatoms. The van der Waals surface area contributed by atoms with Crippen LogP contribution in [-0.2, 0) is 31.9 Å². The second-order valence-corrected chi connectivity index (χ2v) is 9.16. The molecular formula is C28H22N4O3. The van der Waals surface area contributed by atoms with Crippen LogP contribution in [0.15, 0.2) is 84.3 Å². The Morgan fingerprint density at radius 3 is 2.40 bits per heavy atom. The van der Waals surface area contributed by atoms with E-state index in [1.165, 1.54) is 4.90 Å². The number of nitrogens with two attached hydrogens (primary N) is 1. The molecule has 7 nitrogen and oxygen atoms in total. The van der Waals surface area contributed by atoms with Crippen LogP contribution >= 0.6 is 0 Å². The van der Waals surface area contributed by atoms with Gasteiger partial charge in [-0.3, -0.25) is 9.59 Å². The van der Waals surface area contributed by atoms with Crippen LogP contribution in [0.4, 0.5) is 11.4 Å². The molecule has 0 aromatic heterocycles. The third kappa shape index (κ3) is 2.33. The molecule has 172 valence electrons. The smallest absolute Gasteiger partial charge is 0.277 e. The molecule has 2 unspecified atom stereocenters. The van der Waals surface area contributed by atoms with Gasteiger partial charge in [0.2, 0.25) is 17.4 Å². The fraction of sp³-hybridized carbons (Fsp3) is 0.179. The molecule has 2 amide bonds. The number of hydrogen-bond acceptors (Lipinski definition) is 5. The molecular weight excluding hydrogens is 440 g/mol. The Labute approximate surface area is 202 Å². The molecule has 6 rings (SSSR count). The van der Waals surface area contributed by atoms with Gasteiger partial charge >= 0.3 is 0 Å². The standard InChI is InChI=1S/C28H22N4O3/c1-17-12-13-23-20(14-17)27(25(33)32(23)16-18-8-4-3-5-9-18)21(15-29)24(30)35-28(27)19-10-6-7-11-22(19)31(2)26(28)34/h3-14H,16,30H2,1-2H3. The van der Waals surface area contributed by atoms with Gasteiger partial charge in [0.15, 0.2) is 5.41 Å². The van der Waals surface area contributed by atoms with Crippen molar-refractivity contribution in [2.75, 3.05) is 16.8 Å². The molecule has 2 spiro atoms. The van der Waals surface area contributed by atoms with E-state index in [1.54, 1.807) is 30.1 Å². The summed E-state index contributed by atoms with van der Waals surface area (Å²) in [6.07, 6.45) is 0. The van der Waals surface area contributed by atoms with Crippen molar-refractivity contribution >= 4 is 23.2 Å². The number of likely N-dealkylation sites (N-methyl/N-ethyl adjacent to an activating group) is 1. The number of anilines is 2. The second kappa shape index (κ2) is 6.97. The molecule has 3 aliphatic rings. The third-order valence-corrected chi connectivity index (χ3v) is 7.37. The van der Waals surface area contributed by atoms with Crippen LogP contribution in [0, 0.1) is 18.3 Å². The summed E-state index contributed by atoms with van der Waals surface area (Å²) in [6, 6.07) is 24.6. The fourth-order valence-electron chi connectivity index (χ4n) is 5.90. The van der Waals surface area contributed by atoms with Gasteiger partial charge in [-0.15, -0.1) is 0 Å². The van der Waals surface area contributed by atoms with E-state index >= 15 is 0 Å². The maximum atomic E-state index is 14.7. The molecule has 2 N–H and O–H groups in total. The van der Waals surface area contributed by atoms with Crippen molar-refractivity contribution in [1.29, 1.82) is 5.26 Å². The minimum absolute atomic E-state index is 0.0386. The van der Waals surface area contributed by atoms with E-state index in [1.807, 2.05) is 61.5 Å². The highest BCUT2D eigenvalue weighted by Crippen LogP contribution is 2.65. The number of hydrogen-bond donors (Lipinski definition) is 1. The lowest BCUT2D eigenvalue weighted by molar-refractivity contribution is -0.148. The molecule has 0 saturated heterocycles. The predicted molar refractivity (Wildman–Crippen MR) is 130 cm³/mol. The van der Waals surface area contributed by atoms with Crippen LogP contribution < -0.4 is 15.5 Å². The molecule has 0 fully saturated rings. The summed E-state index contributed by atoms with van der Waals surface area (Å²) in [7, 11) is 1.64. The normalized spacial score (nSPS) is 24.3. The first-order chi connectivity index (χ1) is 16.9. The van der Waals surface area contributed by atoms with E-state index in [-0.39, 0.29) is 18.0 Å². The number of benzene rings is 3. The van der Waals surface area contributed by atoms with Crippen molar-refractivity contribution in [1.82, 2.24) is 0 Å². The van der Waals surface area contributed by atoms with Crippen LogP contribution in [0.3, 0.4) is 0 Å². The summed E-state index contributed by atoms with van der Waals surface area (Å²) in [5, 5.41) is 10.3. The van der Waals surface area contributed by atoms with Gasteiger partial charge in [-0.05, 0) is 24.6 Å². The van der Waals surface area contributed by atoms with E-state index in [2.05, 4.69) is 6.07 Å². The third-order valence-electron chi connectivity index (χ3n) is 7.37. The Morgan fingerprint density at radius 2 is 1.66 bits per heavy atom. The van der Waals surface area contributed by atoms with Crippen molar-refractivity contribution in [2.24, 2.45) is 5.73 Å². The minimum atomic E-state index is -1.82. The zero-order chi connectivity index (χ0) is 24.5. The Kier molecular flexibility index (Phi) is 4.18. The monoisotopic (exact) mass is 462 g/mol. The van der Waals surface area contributed by atoms with Crippen LogP contribution in [-0.4, -0.2) is 18.9 Å². The van der Waals surface area contributed by atoms with Gasteiger partial charge in [-0.2, -0.15) is 5.26 Å². The van der Waals surface area contributed by atoms with Gasteiger partial charge in [0.05, 0.1) is 12.2 Å². The lowest BCUT2D eigenvalue weighted by Crippen LogP contribution is -2.58. The van der Waals surface area contributed by atoms with Crippen molar-refractivity contribution in [2.45, 2.75) is 24.5 Å². The number of ether oxygens (including phenoxy) is 1. The number of amides is 2. The lowest BCUT2D eigenvalue weighted by atomic mass is 9.62. The maximum Gasteiger partial charge on any atom is 0.277 e. The highest BCUT2D eigenvalue weighted by molar-refractivity contribution is 6.20. The number of nitriles is 1. The van der Waals surface area contributed by atoms with E-state index in [4.69, 9.17) is 10.5 Å². The van der Waals surface area contributed by atoms with Crippen LogP contribution in [0.25, 0.3) is 0 Å². The predicted octanol–water partition coefficient (Wildman–Crippen LogP) is 3.38. The first-order valence-corrected chi connectivity index (χ1v) is 11.3. The number of carbonyl (C=O) groups is 2. The lowest BCUT2D eigenvalue weighted by Gasteiger charge is -2.37. The average Bonchev–Trinajstić information content (AvgIpc) is 3.36. The quantitative estimate of drug-likeness (QED) is 0.630. The molecule has 0 bridgehead atoms. The molecule has 0 radical (unpaired) electrons. The number of nitrogens with zero attached hydrogens (tertiary/aromatic N) is 3. The number of para-hydroxylation sites is 1. The number of aryl methyl sites for hydroxylation is 1. The van der Waals surface area contributed by atoms with Gasteiger partial charge in [0.25, 0.3) is 5.91 Å². The zero-order valence-electron chi connectivity index (χ0n) is 19.3. The number of rotatable bonds is 2. The zero-order valence-corrected chi connectivity index (χ0v) is 19.3. The number of fused-ring (bicyclic) bond motifs is 5. The summed E-state index contributed by atoms with van der Waals surface area (Å²) >= 11 is 0. The Hall–Kier alpha value is -4.57. The number of carbonyl (C=O) groups excluding carboxylic acids is 2. The van der Waals surface area contributed by atoms with Crippen molar-refractivity contribution < 1.29 is 14.3 Å². The second-order valence-electron chi connectivity index (χ2n) is 9.16. The summed E-state index contributed by atoms with van der Waals surface area (Å²) in [6.45, 7) is 2.19. The molecule has 0 saturated carbocycles. The summed E-state index contributed by atoms with van der Waals surface area (Å²) in [4.78, 5) is 31.9. The molecule has 3 aromatic carbocycles. The topological polar surface area (TPSA) is 99.7 Å². The molecule has 35 heavy (non-hydrogen) atoms. The highest BCUT2D eigenvalue weighted by Gasteiger charge is 2.78. The minimum Gasteiger partial charge on any atom is -0.455 e. The van der Waals surface area contributed by atoms with Gasteiger partial charge in [-0.1, -0.05) is 66.2 Å². The van der Waals surface area contributed by atoms with E-state index < -0.39 is 22.8 Å². The van der Waals surface area contributed by atoms with Gasteiger partial charge in [-0.25, -0.2) is 0 Å².